The predicted molar refractivity (Wildman–Crippen MR) is 84.3 cm³/mol. The van der Waals surface area contributed by atoms with Crippen LogP contribution in [0, 0.1) is 6.92 Å². The average molecular weight is 297 g/mol. The maximum atomic E-state index is 12.2. The number of benzene rings is 1. The Balaban J connectivity index is 1.59. The van der Waals surface area contributed by atoms with E-state index in [1.165, 1.54) is 0 Å². The number of para-hydroxylation sites is 2. The van der Waals surface area contributed by atoms with Gasteiger partial charge in [-0.3, -0.25) is 4.79 Å². The van der Waals surface area contributed by atoms with Crippen molar-refractivity contribution in [2.75, 3.05) is 7.05 Å². The number of imidazole rings is 1. The summed E-state index contributed by atoms with van der Waals surface area (Å²) in [5.74, 6) is 1.76. The Morgan fingerprint density at radius 1 is 1.27 bits per heavy atom. The number of aryl methyl sites for hydroxylation is 2. The van der Waals surface area contributed by atoms with Gasteiger partial charge >= 0.3 is 0 Å². The van der Waals surface area contributed by atoms with E-state index in [1.807, 2.05) is 47.9 Å². The van der Waals surface area contributed by atoms with Gasteiger partial charge in [-0.1, -0.05) is 12.1 Å². The van der Waals surface area contributed by atoms with E-state index in [9.17, 15) is 4.79 Å². The molecule has 5 heteroatoms. The predicted octanol–water partition coefficient (Wildman–Crippen LogP) is 2.99. The summed E-state index contributed by atoms with van der Waals surface area (Å²) < 4.78 is 7.52. The monoisotopic (exact) mass is 297 g/mol. The Morgan fingerprint density at radius 2 is 2.09 bits per heavy atom. The Bertz CT molecular complexity index is 788. The van der Waals surface area contributed by atoms with E-state index in [0.29, 0.717) is 19.5 Å². The van der Waals surface area contributed by atoms with E-state index in [-0.39, 0.29) is 5.91 Å². The van der Waals surface area contributed by atoms with E-state index >= 15 is 0 Å². The number of nitrogens with zero attached hydrogens (tertiary/aromatic N) is 3. The maximum absolute atomic E-state index is 12.2. The maximum Gasteiger partial charge on any atom is 0.224 e. The number of amides is 1. The molecule has 0 saturated carbocycles. The molecule has 0 atom stereocenters. The summed E-state index contributed by atoms with van der Waals surface area (Å²) in [7, 11) is 1.80. The van der Waals surface area contributed by atoms with Gasteiger partial charge in [0.25, 0.3) is 0 Å². The van der Waals surface area contributed by atoms with Gasteiger partial charge in [0.1, 0.15) is 11.5 Å². The summed E-state index contributed by atoms with van der Waals surface area (Å²) >= 11 is 0. The van der Waals surface area contributed by atoms with Crippen molar-refractivity contribution in [2.24, 2.45) is 0 Å². The molecule has 0 fully saturated rings. The lowest BCUT2D eigenvalue weighted by molar-refractivity contribution is -0.130. The summed E-state index contributed by atoms with van der Waals surface area (Å²) in [6, 6.07) is 11.7. The molecule has 0 aliphatic rings. The van der Waals surface area contributed by atoms with E-state index < -0.39 is 0 Å². The molecular weight excluding hydrogens is 278 g/mol. The topological polar surface area (TPSA) is 51.3 Å². The lowest BCUT2D eigenvalue weighted by Crippen LogP contribution is -2.26. The standard InChI is InChI=1S/C17H19N3O2/c1-13-7-8-14(22-13)11-19(2)17(21)9-10-20-12-18-15-5-3-4-6-16(15)20/h3-8,12H,9-11H2,1-2H3. The molecule has 0 radical (unpaired) electrons. The fourth-order valence-electron chi connectivity index (χ4n) is 2.49. The van der Waals surface area contributed by atoms with Gasteiger partial charge in [0.05, 0.1) is 23.9 Å². The average Bonchev–Trinajstić information content (AvgIpc) is 3.11. The molecule has 0 N–H and O–H groups in total. The number of aromatic nitrogens is 2. The van der Waals surface area contributed by atoms with Crippen molar-refractivity contribution >= 4 is 16.9 Å². The number of carbonyl (C=O) groups is 1. The van der Waals surface area contributed by atoms with Gasteiger partial charge in [-0.05, 0) is 31.2 Å². The molecule has 2 aromatic heterocycles. The van der Waals surface area contributed by atoms with Crippen LogP contribution >= 0.6 is 0 Å². The summed E-state index contributed by atoms with van der Waals surface area (Å²) in [5, 5.41) is 0. The minimum atomic E-state index is 0.0897. The van der Waals surface area contributed by atoms with Gasteiger partial charge in [0.15, 0.2) is 0 Å². The molecule has 22 heavy (non-hydrogen) atoms. The molecule has 0 spiro atoms. The van der Waals surface area contributed by atoms with E-state index in [2.05, 4.69) is 4.98 Å². The highest BCUT2D eigenvalue weighted by Gasteiger charge is 2.12. The van der Waals surface area contributed by atoms with Crippen LogP contribution in [0.25, 0.3) is 11.0 Å². The molecular formula is C17H19N3O2. The van der Waals surface area contributed by atoms with Crippen molar-refractivity contribution < 1.29 is 9.21 Å². The van der Waals surface area contributed by atoms with Crippen LogP contribution in [-0.4, -0.2) is 27.4 Å². The van der Waals surface area contributed by atoms with Gasteiger partial charge in [-0.15, -0.1) is 0 Å². The van der Waals surface area contributed by atoms with E-state index in [4.69, 9.17) is 4.42 Å². The van der Waals surface area contributed by atoms with Gasteiger partial charge in [-0.25, -0.2) is 4.98 Å². The lowest BCUT2D eigenvalue weighted by atomic mass is 10.3. The van der Waals surface area contributed by atoms with Crippen molar-refractivity contribution in [3.05, 3.63) is 54.2 Å². The van der Waals surface area contributed by atoms with Gasteiger partial charge < -0.3 is 13.9 Å². The third-order valence-electron chi connectivity index (χ3n) is 3.71. The summed E-state index contributed by atoms with van der Waals surface area (Å²) in [6.45, 7) is 3.02. The Labute approximate surface area is 129 Å². The second-order valence-electron chi connectivity index (χ2n) is 5.44. The SMILES string of the molecule is Cc1ccc(CN(C)C(=O)CCn2cnc3ccccc32)o1. The molecule has 0 unspecified atom stereocenters. The molecule has 0 aliphatic carbocycles. The molecule has 114 valence electrons. The first-order valence-corrected chi connectivity index (χ1v) is 7.32. The van der Waals surface area contributed by atoms with Crippen molar-refractivity contribution in [2.45, 2.75) is 26.4 Å². The third kappa shape index (κ3) is 3.03. The molecule has 3 rings (SSSR count). The largest absolute Gasteiger partial charge is 0.464 e. The highest BCUT2D eigenvalue weighted by Crippen LogP contribution is 2.13. The summed E-state index contributed by atoms with van der Waals surface area (Å²) in [4.78, 5) is 18.3. The molecule has 1 aromatic carbocycles. The van der Waals surface area contributed by atoms with Crippen LogP contribution in [0.2, 0.25) is 0 Å². The Kier molecular flexibility index (Phi) is 3.96. The zero-order chi connectivity index (χ0) is 15.5. The van der Waals surface area contributed by atoms with Crippen molar-refractivity contribution in [1.29, 1.82) is 0 Å². The van der Waals surface area contributed by atoms with Crippen LogP contribution in [0.3, 0.4) is 0 Å². The number of hydrogen-bond acceptors (Lipinski definition) is 3. The number of furan rings is 1. The number of hydrogen-bond donors (Lipinski definition) is 0. The van der Waals surface area contributed by atoms with E-state index in [0.717, 1.165) is 22.6 Å². The van der Waals surface area contributed by atoms with Gasteiger partial charge in [-0.2, -0.15) is 0 Å². The van der Waals surface area contributed by atoms with Crippen molar-refractivity contribution in [3.63, 3.8) is 0 Å². The first kappa shape index (κ1) is 14.4. The van der Waals surface area contributed by atoms with Crippen LogP contribution < -0.4 is 0 Å². The van der Waals surface area contributed by atoms with Crippen LogP contribution in [0.1, 0.15) is 17.9 Å². The summed E-state index contributed by atoms with van der Waals surface area (Å²) in [5.41, 5.74) is 2.01. The summed E-state index contributed by atoms with van der Waals surface area (Å²) in [6.07, 6.45) is 2.23. The molecule has 2 heterocycles. The van der Waals surface area contributed by atoms with Crippen LogP contribution in [0.5, 0.6) is 0 Å². The Hall–Kier alpha value is -2.56. The number of carbonyl (C=O) groups excluding carboxylic acids is 1. The number of fused-ring (bicyclic) bond motifs is 1. The second kappa shape index (κ2) is 6.05. The van der Waals surface area contributed by atoms with Crippen molar-refractivity contribution in [1.82, 2.24) is 14.5 Å². The molecule has 0 saturated heterocycles. The fourth-order valence-corrected chi connectivity index (χ4v) is 2.49. The minimum absolute atomic E-state index is 0.0897. The van der Waals surface area contributed by atoms with Crippen molar-refractivity contribution in [3.8, 4) is 0 Å². The van der Waals surface area contributed by atoms with Crippen LogP contribution in [-0.2, 0) is 17.9 Å². The lowest BCUT2D eigenvalue weighted by Gasteiger charge is -2.16. The second-order valence-corrected chi connectivity index (χ2v) is 5.44. The molecule has 1 amide bonds. The smallest absolute Gasteiger partial charge is 0.224 e. The first-order valence-electron chi connectivity index (χ1n) is 7.32. The molecule has 0 bridgehead atoms. The normalized spacial score (nSPS) is 11.0. The zero-order valence-electron chi connectivity index (χ0n) is 12.8. The quantitative estimate of drug-likeness (QED) is 0.727. The van der Waals surface area contributed by atoms with Crippen LogP contribution in [0.15, 0.2) is 47.1 Å². The number of rotatable bonds is 5. The third-order valence-corrected chi connectivity index (χ3v) is 3.71. The molecule has 5 nitrogen and oxygen atoms in total. The Morgan fingerprint density at radius 3 is 2.86 bits per heavy atom. The van der Waals surface area contributed by atoms with Gasteiger partial charge in [0, 0.05) is 20.0 Å². The fraction of sp³-hybridized carbons (Fsp3) is 0.294. The van der Waals surface area contributed by atoms with Crippen LogP contribution in [0.4, 0.5) is 0 Å². The molecule has 0 aliphatic heterocycles. The first-order chi connectivity index (χ1) is 10.6. The van der Waals surface area contributed by atoms with E-state index in [1.54, 1.807) is 18.3 Å². The zero-order valence-corrected chi connectivity index (χ0v) is 12.8. The minimum Gasteiger partial charge on any atom is -0.464 e. The highest BCUT2D eigenvalue weighted by molar-refractivity contribution is 5.77. The molecule has 3 aromatic rings. The van der Waals surface area contributed by atoms with Gasteiger partial charge in [0.2, 0.25) is 5.91 Å². The highest BCUT2D eigenvalue weighted by atomic mass is 16.3.